The van der Waals surface area contributed by atoms with Gasteiger partial charge in [0.1, 0.15) is 0 Å². The molecule has 20 heavy (non-hydrogen) atoms. The van der Waals surface area contributed by atoms with Crippen LogP contribution in [0.25, 0.3) is 0 Å². The monoisotopic (exact) mass is 310 g/mol. The van der Waals surface area contributed by atoms with E-state index in [1.807, 2.05) is 6.92 Å². The first kappa shape index (κ1) is 14.8. The summed E-state index contributed by atoms with van der Waals surface area (Å²) in [4.78, 5) is 8.95. The summed E-state index contributed by atoms with van der Waals surface area (Å²) < 4.78 is 26.3. The number of nitrogens with one attached hydrogen (secondary N) is 1. The van der Waals surface area contributed by atoms with Gasteiger partial charge >= 0.3 is 0 Å². The second kappa shape index (κ2) is 5.78. The van der Waals surface area contributed by atoms with Crippen LogP contribution in [0.1, 0.15) is 5.56 Å². The molecule has 106 valence electrons. The molecule has 0 aliphatic heterocycles. The molecular weight excluding hydrogens is 296 g/mol. The second-order valence-corrected chi connectivity index (χ2v) is 6.92. The molecule has 0 amide bonds. The summed E-state index contributed by atoms with van der Waals surface area (Å²) in [6.07, 6.45) is 3.36. The van der Waals surface area contributed by atoms with Crippen LogP contribution in [-0.2, 0) is 10.0 Å². The average molecular weight is 310 g/mol. The van der Waals surface area contributed by atoms with E-state index < -0.39 is 10.0 Å². The van der Waals surface area contributed by atoms with Crippen LogP contribution in [0.2, 0.25) is 0 Å². The van der Waals surface area contributed by atoms with Gasteiger partial charge in [0.15, 0.2) is 5.16 Å². The Hall–Kier alpha value is -1.64. The molecule has 0 saturated heterocycles. The third-order valence-corrected chi connectivity index (χ3v) is 5.04. The highest BCUT2D eigenvalue weighted by molar-refractivity contribution is 8.00. The van der Waals surface area contributed by atoms with Crippen LogP contribution in [0.15, 0.2) is 45.5 Å². The van der Waals surface area contributed by atoms with Crippen LogP contribution >= 0.6 is 11.8 Å². The van der Waals surface area contributed by atoms with E-state index in [0.717, 1.165) is 5.56 Å². The molecule has 0 spiro atoms. The predicted molar refractivity (Wildman–Crippen MR) is 78.0 cm³/mol. The molecule has 0 fully saturated rings. The zero-order valence-electron chi connectivity index (χ0n) is 11.0. The lowest BCUT2D eigenvalue weighted by molar-refractivity contribution is 0.586. The van der Waals surface area contributed by atoms with E-state index in [2.05, 4.69) is 14.7 Å². The van der Waals surface area contributed by atoms with E-state index in [0.29, 0.717) is 15.7 Å². The highest BCUT2D eigenvalue weighted by atomic mass is 32.2. The number of benzene rings is 1. The van der Waals surface area contributed by atoms with Crippen LogP contribution in [0, 0.1) is 6.92 Å². The van der Waals surface area contributed by atoms with Gasteiger partial charge in [-0.05, 0) is 49.5 Å². The van der Waals surface area contributed by atoms with Crippen molar-refractivity contribution in [3.8, 4) is 0 Å². The van der Waals surface area contributed by atoms with E-state index in [1.54, 1.807) is 24.5 Å². The lowest BCUT2D eigenvalue weighted by atomic mass is 10.3. The van der Waals surface area contributed by atoms with Crippen molar-refractivity contribution in [2.75, 3.05) is 12.8 Å². The number of aryl methyl sites for hydroxylation is 1. The zero-order chi connectivity index (χ0) is 14.8. The third-order valence-electron chi connectivity index (χ3n) is 2.48. The first-order valence-electron chi connectivity index (χ1n) is 5.72. The van der Waals surface area contributed by atoms with E-state index >= 15 is 0 Å². The van der Waals surface area contributed by atoms with Crippen molar-refractivity contribution in [3.05, 3.63) is 36.2 Å². The number of hydrogen-bond acceptors (Lipinski definition) is 6. The van der Waals surface area contributed by atoms with Crippen molar-refractivity contribution in [3.63, 3.8) is 0 Å². The summed E-state index contributed by atoms with van der Waals surface area (Å²) in [5.41, 5.74) is 6.98. The highest BCUT2D eigenvalue weighted by Crippen LogP contribution is 2.31. The summed E-state index contributed by atoms with van der Waals surface area (Å²) in [6, 6.07) is 4.71. The number of aromatic nitrogens is 2. The number of anilines is 1. The van der Waals surface area contributed by atoms with E-state index in [1.165, 1.54) is 24.9 Å². The molecule has 2 rings (SSSR count). The zero-order valence-corrected chi connectivity index (χ0v) is 12.6. The molecule has 6 nitrogen and oxygen atoms in total. The minimum Gasteiger partial charge on any atom is -0.399 e. The first-order chi connectivity index (χ1) is 9.42. The SMILES string of the molecule is CNS(=O)(=O)c1cc(N)ccc1Sc1ncc(C)cn1. The molecule has 0 radical (unpaired) electrons. The molecule has 2 aromatic rings. The predicted octanol–water partition coefficient (Wildman–Crippen LogP) is 1.43. The molecule has 0 saturated carbocycles. The number of nitrogen functional groups attached to an aromatic ring is 1. The number of hydrogen-bond donors (Lipinski definition) is 2. The van der Waals surface area contributed by atoms with Crippen LogP contribution < -0.4 is 10.5 Å². The lowest BCUT2D eigenvalue weighted by Crippen LogP contribution is -2.19. The smallest absolute Gasteiger partial charge is 0.241 e. The Morgan fingerprint density at radius 2 is 1.90 bits per heavy atom. The molecular formula is C12H14N4O2S2. The Bertz CT molecular complexity index is 715. The summed E-state index contributed by atoms with van der Waals surface area (Å²) in [5.74, 6) is 0. The Kier molecular flexibility index (Phi) is 4.26. The summed E-state index contributed by atoms with van der Waals surface area (Å²) in [6.45, 7) is 1.88. The van der Waals surface area contributed by atoms with Gasteiger partial charge < -0.3 is 5.73 Å². The van der Waals surface area contributed by atoms with Gasteiger partial charge in [-0.25, -0.2) is 23.1 Å². The fraction of sp³-hybridized carbons (Fsp3) is 0.167. The summed E-state index contributed by atoms with van der Waals surface area (Å²) >= 11 is 1.18. The number of nitrogens with zero attached hydrogens (tertiary/aromatic N) is 2. The summed E-state index contributed by atoms with van der Waals surface area (Å²) in [7, 11) is -2.23. The van der Waals surface area contributed by atoms with E-state index in [-0.39, 0.29) is 4.90 Å². The lowest BCUT2D eigenvalue weighted by Gasteiger charge is -2.09. The molecule has 0 unspecified atom stereocenters. The average Bonchev–Trinajstić information content (AvgIpc) is 2.43. The van der Waals surface area contributed by atoms with Gasteiger partial charge in [-0.15, -0.1) is 0 Å². The molecule has 1 aromatic carbocycles. The Labute approximate surface area is 121 Å². The van der Waals surface area contributed by atoms with Gasteiger partial charge in [-0.2, -0.15) is 0 Å². The van der Waals surface area contributed by atoms with Gasteiger partial charge in [0.25, 0.3) is 0 Å². The minimum atomic E-state index is -3.59. The molecule has 0 bridgehead atoms. The molecule has 3 N–H and O–H groups in total. The quantitative estimate of drug-likeness (QED) is 0.655. The van der Waals surface area contributed by atoms with Crippen LogP contribution in [0.5, 0.6) is 0 Å². The van der Waals surface area contributed by atoms with Gasteiger partial charge in [-0.1, -0.05) is 0 Å². The van der Waals surface area contributed by atoms with Crippen molar-refractivity contribution in [2.45, 2.75) is 21.9 Å². The van der Waals surface area contributed by atoms with Crippen molar-refractivity contribution >= 4 is 27.5 Å². The van der Waals surface area contributed by atoms with Crippen molar-refractivity contribution < 1.29 is 8.42 Å². The van der Waals surface area contributed by atoms with Crippen LogP contribution in [-0.4, -0.2) is 25.4 Å². The summed E-state index contributed by atoms with van der Waals surface area (Å²) in [5, 5.41) is 0.480. The van der Waals surface area contributed by atoms with Gasteiger partial charge in [0.2, 0.25) is 10.0 Å². The molecule has 1 aromatic heterocycles. The van der Waals surface area contributed by atoms with Gasteiger partial charge in [0, 0.05) is 23.0 Å². The standard InChI is InChI=1S/C12H14N4O2S2/c1-8-6-15-12(16-7-8)19-10-4-3-9(13)5-11(10)20(17,18)14-2/h3-7,14H,13H2,1-2H3. The first-order valence-corrected chi connectivity index (χ1v) is 8.02. The number of nitrogens with two attached hydrogens (primary N) is 1. The van der Waals surface area contributed by atoms with Gasteiger partial charge in [-0.3, -0.25) is 0 Å². The van der Waals surface area contributed by atoms with Crippen molar-refractivity contribution in [1.29, 1.82) is 0 Å². The van der Waals surface area contributed by atoms with E-state index in [9.17, 15) is 8.42 Å². The second-order valence-electron chi connectivity index (χ2n) is 4.06. The number of rotatable bonds is 4. The maximum absolute atomic E-state index is 12.0. The Balaban J connectivity index is 2.44. The molecule has 0 atom stereocenters. The minimum absolute atomic E-state index is 0.120. The molecule has 0 aliphatic carbocycles. The Morgan fingerprint density at radius 3 is 2.50 bits per heavy atom. The normalized spacial score (nSPS) is 11.5. The number of sulfonamides is 1. The topological polar surface area (TPSA) is 98.0 Å². The van der Waals surface area contributed by atoms with Crippen LogP contribution in [0.3, 0.4) is 0 Å². The maximum atomic E-state index is 12.0. The van der Waals surface area contributed by atoms with Gasteiger partial charge in [0.05, 0.1) is 4.90 Å². The van der Waals surface area contributed by atoms with E-state index in [4.69, 9.17) is 5.73 Å². The molecule has 1 heterocycles. The fourth-order valence-corrected chi connectivity index (χ4v) is 3.46. The molecule has 8 heteroatoms. The fourth-order valence-electron chi connectivity index (χ4n) is 1.46. The third kappa shape index (κ3) is 3.27. The Morgan fingerprint density at radius 1 is 1.25 bits per heavy atom. The van der Waals surface area contributed by atoms with Crippen molar-refractivity contribution in [1.82, 2.24) is 14.7 Å². The van der Waals surface area contributed by atoms with Crippen molar-refractivity contribution in [2.24, 2.45) is 0 Å². The largest absolute Gasteiger partial charge is 0.399 e. The highest BCUT2D eigenvalue weighted by Gasteiger charge is 2.18. The van der Waals surface area contributed by atoms with Crippen LogP contribution in [0.4, 0.5) is 5.69 Å². The maximum Gasteiger partial charge on any atom is 0.241 e. The molecule has 0 aliphatic rings.